The maximum absolute atomic E-state index is 13.1. The topological polar surface area (TPSA) is 23.6 Å². The molecule has 0 aromatic heterocycles. The molecule has 1 amide bonds. The van der Waals surface area contributed by atoms with Gasteiger partial charge in [0.2, 0.25) is 5.91 Å². The molecule has 6 heteroatoms. The zero-order chi connectivity index (χ0) is 17.9. The molecule has 2 atom stereocenters. The van der Waals surface area contributed by atoms with Gasteiger partial charge in [0.25, 0.3) is 0 Å². The van der Waals surface area contributed by atoms with Crippen LogP contribution >= 0.6 is 0 Å². The number of carbonyl (C=O) groups is 1. The normalized spacial score (nSPS) is 20.2. The van der Waals surface area contributed by atoms with Gasteiger partial charge in [-0.2, -0.15) is 13.2 Å². The summed E-state index contributed by atoms with van der Waals surface area (Å²) in [6.45, 7) is 4.34. The quantitative estimate of drug-likeness (QED) is 0.816. The Balaban J connectivity index is 1.99. The molecule has 0 bridgehead atoms. The fraction of sp³-hybridized carbons (Fsp3) is 0.611. The van der Waals surface area contributed by atoms with Gasteiger partial charge < -0.3 is 9.80 Å². The van der Waals surface area contributed by atoms with Crippen molar-refractivity contribution < 1.29 is 18.0 Å². The maximum Gasteiger partial charge on any atom is 0.416 e. The Morgan fingerprint density at radius 2 is 2.04 bits per heavy atom. The number of benzene rings is 1. The molecule has 1 aromatic carbocycles. The van der Waals surface area contributed by atoms with Crippen molar-refractivity contribution in [1.29, 1.82) is 0 Å². The van der Waals surface area contributed by atoms with Crippen LogP contribution in [-0.2, 0) is 11.0 Å². The molecular formula is C18H25F3N2O. The van der Waals surface area contributed by atoms with Gasteiger partial charge in [-0.25, -0.2) is 0 Å². The Morgan fingerprint density at radius 3 is 2.62 bits per heavy atom. The third-order valence-electron chi connectivity index (χ3n) is 4.72. The minimum absolute atomic E-state index is 0.0894. The lowest BCUT2D eigenvalue weighted by molar-refractivity contribution is -0.139. The van der Waals surface area contributed by atoms with E-state index in [9.17, 15) is 18.0 Å². The highest BCUT2D eigenvalue weighted by atomic mass is 19.4. The molecule has 1 aromatic rings. The van der Waals surface area contributed by atoms with E-state index in [1.807, 2.05) is 0 Å². The van der Waals surface area contributed by atoms with Crippen molar-refractivity contribution in [1.82, 2.24) is 9.80 Å². The average molecular weight is 342 g/mol. The summed E-state index contributed by atoms with van der Waals surface area (Å²) in [6, 6.07) is 5.51. The molecule has 0 saturated carbocycles. The van der Waals surface area contributed by atoms with Crippen LogP contribution in [0, 0.1) is 5.92 Å². The van der Waals surface area contributed by atoms with Crippen LogP contribution in [0.5, 0.6) is 0 Å². The van der Waals surface area contributed by atoms with E-state index in [2.05, 4.69) is 11.9 Å². The van der Waals surface area contributed by atoms with Crippen molar-refractivity contribution in [2.75, 3.05) is 33.7 Å². The Hall–Kier alpha value is -1.56. The molecule has 0 aliphatic carbocycles. The Bertz CT molecular complexity index is 574. The first kappa shape index (κ1) is 18.8. The van der Waals surface area contributed by atoms with Crippen LogP contribution in [0.2, 0.25) is 0 Å². The fourth-order valence-corrected chi connectivity index (χ4v) is 3.38. The third-order valence-corrected chi connectivity index (χ3v) is 4.72. The molecule has 1 aliphatic heterocycles. The number of amides is 1. The number of carbonyl (C=O) groups excluding carboxylic acids is 1. The summed E-state index contributed by atoms with van der Waals surface area (Å²) in [4.78, 5) is 16.3. The minimum atomic E-state index is -4.39. The van der Waals surface area contributed by atoms with Gasteiger partial charge in [-0.3, -0.25) is 4.79 Å². The van der Waals surface area contributed by atoms with Gasteiger partial charge in [-0.15, -0.1) is 0 Å². The largest absolute Gasteiger partial charge is 0.416 e. The number of hydrogen-bond acceptors (Lipinski definition) is 2. The minimum Gasteiger partial charge on any atom is -0.345 e. The lowest BCUT2D eigenvalue weighted by Crippen LogP contribution is -2.33. The predicted octanol–water partition coefficient (Wildman–Crippen LogP) is 3.61. The van der Waals surface area contributed by atoms with Gasteiger partial charge in [-0.05, 0) is 43.5 Å². The zero-order valence-corrected chi connectivity index (χ0v) is 14.4. The summed E-state index contributed by atoms with van der Waals surface area (Å²) in [7, 11) is 3.79. The van der Waals surface area contributed by atoms with Crippen molar-refractivity contribution >= 4 is 5.91 Å². The van der Waals surface area contributed by atoms with E-state index in [0.717, 1.165) is 25.6 Å². The number of halogens is 3. The van der Waals surface area contributed by atoms with Crippen LogP contribution in [0.25, 0.3) is 0 Å². The van der Waals surface area contributed by atoms with Crippen LogP contribution in [0.1, 0.15) is 36.8 Å². The van der Waals surface area contributed by atoms with Gasteiger partial charge in [0.1, 0.15) is 0 Å². The Kier molecular flexibility index (Phi) is 5.91. The highest BCUT2D eigenvalue weighted by Crippen LogP contribution is 2.36. The number of hydrogen-bond donors (Lipinski definition) is 0. The summed E-state index contributed by atoms with van der Waals surface area (Å²) in [5.41, 5.74) is -0.460. The van der Waals surface area contributed by atoms with E-state index >= 15 is 0 Å². The third kappa shape index (κ3) is 4.72. The van der Waals surface area contributed by atoms with Crippen molar-refractivity contribution in [2.45, 2.75) is 31.9 Å². The maximum atomic E-state index is 13.1. The molecule has 1 aliphatic rings. The van der Waals surface area contributed by atoms with E-state index in [1.165, 1.54) is 12.1 Å². The molecule has 134 valence electrons. The van der Waals surface area contributed by atoms with E-state index in [4.69, 9.17) is 0 Å². The van der Waals surface area contributed by atoms with E-state index < -0.39 is 17.7 Å². The lowest BCUT2D eigenvalue weighted by atomic mass is 9.92. The molecule has 3 nitrogen and oxygen atoms in total. The zero-order valence-electron chi connectivity index (χ0n) is 14.4. The first-order chi connectivity index (χ1) is 11.2. The second-order valence-electron chi connectivity index (χ2n) is 6.88. The molecule has 2 rings (SSSR count). The van der Waals surface area contributed by atoms with Gasteiger partial charge in [0.15, 0.2) is 0 Å². The smallest absolute Gasteiger partial charge is 0.345 e. The molecule has 0 spiro atoms. The van der Waals surface area contributed by atoms with Crippen LogP contribution in [-0.4, -0.2) is 49.4 Å². The molecule has 24 heavy (non-hydrogen) atoms. The highest BCUT2D eigenvalue weighted by molar-refractivity contribution is 5.76. The SMILES string of the molecule is C[C@@H](CC(=O)N(C)C[C@H]1CCN(C)C1)c1ccccc1C(F)(F)F. The van der Waals surface area contributed by atoms with E-state index in [0.29, 0.717) is 12.5 Å². The van der Waals surface area contributed by atoms with Crippen LogP contribution in [0.4, 0.5) is 13.2 Å². The van der Waals surface area contributed by atoms with E-state index in [-0.39, 0.29) is 17.9 Å². The monoisotopic (exact) mass is 342 g/mol. The summed E-state index contributed by atoms with van der Waals surface area (Å²) in [5, 5.41) is 0. The predicted molar refractivity (Wildman–Crippen MR) is 87.7 cm³/mol. The number of rotatable bonds is 5. The average Bonchev–Trinajstić information content (AvgIpc) is 2.91. The molecule has 0 unspecified atom stereocenters. The Morgan fingerprint density at radius 1 is 1.38 bits per heavy atom. The van der Waals surface area contributed by atoms with Crippen LogP contribution < -0.4 is 0 Å². The lowest BCUT2D eigenvalue weighted by Gasteiger charge is -2.24. The van der Waals surface area contributed by atoms with Crippen molar-refractivity contribution in [3.8, 4) is 0 Å². The van der Waals surface area contributed by atoms with Crippen LogP contribution in [0.3, 0.4) is 0 Å². The van der Waals surface area contributed by atoms with Crippen molar-refractivity contribution in [3.63, 3.8) is 0 Å². The number of nitrogens with zero attached hydrogens (tertiary/aromatic N) is 2. The first-order valence-electron chi connectivity index (χ1n) is 8.27. The van der Waals surface area contributed by atoms with Gasteiger partial charge in [0, 0.05) is 26.6 Å². The molecule has 1 heterocycles. The second-order valence-corrected chi connectivity index (χ2v) is 6.88. The molecule has 1 fully saturated rings. The molecule has 1 saturated heterocycles. The molecular weight excluding hydrogens is 317 g/mol. The van der Waals surface area contributed by atoms with Gasteiger partial charge in [-0.1, -0.05) is 25.1 Å². The molecule has 0 N–H and O–H groups in total. The van der Waals surface area contributed by atoms with Gasteiger partial charge in [0.05, 0.1) is 5.56 Å². The summed E-state index contributed by atoms with van der Waals surface area (Å²) < 4.78 is 39.3. The summed E-state index contributed by atoms with van der Waals surface area (Å²) in [5.74, 6) is -0.125. The number of likely N-dealkylation sites (tertiary alicyclic amines) is 1. The van der Waals surface area contributed by atoms with Crippen molar-refractivity contribution in [2.24, 2.45) is 5.92 Å². The first-order valence-corrected chi connectivity index (χ1v) is 8.27. The fourth-order valence-electron chi connectivity index (χ4n) is 3.38. The Labute approximate surface area is 141 Å². The highest BCUT2D eigenvalue weighted by Gasteiger charge is 2.34. The number of alkyl halides is 3. The van der Waals surface area contributed by atoms with Crippen LogP contribution in [0.15, 0.2) is 24.3 Å². The van der Waals surface area contributed by atoms with Crippen molar-refractivity contribution in [3.05, 3.63) is 35.4 Å². The van der Waals surface area contributed by atoms with Gasteiger partial charge >= 0.3 is 6.18 Å². The summed E-state index contributed by atoms with van der Waals surface area (Å²) >= 11 is 0. The van der Waals surface area contributed by atoms with E-state index in [1.54, 1.807) is 24.9 Å². The standard InChI is InChI=1S/C18H25F3N2O/c1-13(15-6-4-5-7-16(15)18(19,20)21)10-17(24)23(3)12-14-8-9-22(2)11-14/h4-7,13-14H,8-12H2,1-3H3/t13-,14-/m0/s1. The second kappa shape index (κ2) is 7.55. The molecule has 0 radical (unpaired) electrons. The summed E-state index contributed by atoms with van der Waals surface area (Å²) in [6.07, 6.45) is -3.25.